The molecule has 0 aliphatic rings. The van der Waals surface area contributed by atoms with Gasteiger partial charge in [-0.05, 0) is 12.3 Å². The van der Waals surface area contributed by atoms with E-state index in [-0.39, 0.29) is 5.97 Å². The van der Waals surface area contributed by atoms with Gasteiger partial charge in [0.15, 0.2) is 7.29 Å². The lowest BCUT2D eigenvalue weighted by Gasteiger charge is -2.35. The van der Waals surface area contributed by atoms with Crippen molar-refractivity contribution in [2.75, 3.05) is 7.11 Å². The summed E-state index contributed by atoms with van der Waals surface area (Å²) in [6, 6.07) is 8.75. The number of carbonyl (C=O) groups is 1. The lowest BCUT2D eigenvalue weighted by Crippen LogP contribution is -2.43. The second-order valence-electron chi connectivity index (χ2n) is 6.95. The third-order valence-corrected chi connectivity index (χ3v) is 7.18. The van der Waals surface area contributed by atoms with Crippen LogP contribution in [0.25, 0.3) is 0 Å². The molecule has 0 fully saturated rings. The Kier molecular flexibility index (Phi) is 6.39. The quantitative estimate of drug-likeness (QED) is 0.642. The molecule has 0 spiro atoms. The van der Waals surface area contributed by atoms with Gasteiger partial charge in [0.25, 0.3) is 0 Å². The maximum absolute atomic E-state index is 13.7. The second-order valence-corrected chi connectivity index (χ2v) is 10.3. The molecular formula is C17H28NO3P. The molecule has 0 saturated carbocycles. The van der Waals surface area contributed by atoms with E-state index < -0.39 is 18.5 Å². The second kappa shape index (κ2) is 7.43. The van der Waals surface area contributed by atoms with Crippen molar-refractivity contribution in [2.24, 2.45) is 5.92 Å². The smallest absolute Gasteiger partial charge is 0.323 e. The Morgan fingerprint density at radius 3 is 2.18 bits per heavy atom. The molecule has 0 saturated heterocycles. The van der Waals surface area contributed by atoms with Gasteiger partial charge in [0.1, 0.15) is 6.04 Å². The normalized spacial score (nSPS) is 16.1. The number of benzene rings is 1. The Bertz CT molecular complexity index is 535. The highest BCUT2D eigenvalue weighted by molar-refractivity contribution is 7.71. The highest BCUT2D eigenvalue weighted by Crippen LogP contribution is 2.53. The number of hydrogen-bond donors (Lipinski definition) is 1. The first-order valence-electron chi connectivity index (χ1n) is 7.63. The number of rotatable bonds is 6. The maximum Gasteiger partial charge on any atom is 0.323 e. The third kappa shape index (κ3) is 4.44. The van der Waals surface area contributed by atoms with Gasteiger partial charge in [-0.2, -0.15) is 0 Å². The van der Waals surface area contributed by atoms with Crippen LogP contribution in [0, 0.1) is 5.92 Å². The van der Waals surface area contributed by atoms with E-state index in [0.717, 1.165) is 5.30 Å². The first-order chi connectivity index (χ1) is 10.1. The van der Waals surface area contributed by atoms with Crippen LogP contribution >= 0.6 is 7.29 Å². The van der Waals surface area contributed by atoms with Crippen molar-refractivity contribution in [1.29, 1.82) is 0 Å². The number of methoxy groups -OCH3 is 1. The summed E-state index contributed by atoms with van der Waals surface area (Å²) in [5, 5.41) is 3.38. The van der Waals surface area contributed by atoms with Crippen molar-refractivity contribution < 1.29 is 14.1 Å². The van der Waals surface area contributed by atoms with Gasteiger partial charge in [-0.15, -0.1) is 0 Å². The molecule has 1 aromatic rings. The average molecular weight is 325 g/mol. The summed E-state index contributed by atoms with van der Waals surface area (Å²) in [5.74, 6) is -0.0742. The summed E-state index contributed by atoms with van der Waals surface area (Å²) in [6.45, 7) is 9.84. The van der Waals surface area contributed by atoms with E-state index in [2.05, 4.69) is 5.09 Å². The Morgan fingerprint density at radius 2 is 1.77 bits per heavy atom. The highest BCUT2D eigenvalue weighted by atomic mass is 31.2. The lowest BCUT2D eigenvalue weighted by atomic mass is 10.1. The fourth-order valence-electron chi connectivity index (χ4n) is 2.33. The minimum atomic E-state index is -2.99. The molecule has 0 unspecified atom stereocenters. The molecule has 1 rings (SSSR count). The van der Waals surface area contributed by atoms with Crippen molar-refractivity contribution in [3.8, 4) is 0 Å². The van der Waals surface area contributed by atoms with Crippen molar-refractivity contribution in [3.05, 3.63) is 30.3 Å². The maximum atomic E-state index is 13.7. The molecule has 2 atom stereocenters. The average Bonchev–Trinajstić information content (AvgIpc) is 2.44. The van der Waals surface area contributed by atoms with Crippen molar-refractivity contribution >= 4 is 18.6 Å². The van der Waals surface area contributed by atoms with E-state index in [1.807, 2.05) is 65.0 Å². The largest absolute Gasteiger partial charge is 0.468 e. The van der Waals surface area contributed by atoms with E-state index in [1.165, 1.54) is 7.11 Å². The van der Waals surface area contributed by atoms with Crippen LogP contribution in [0.1, 0.15) is 41.0 Å². The molecule has 0 heterocycles. The van der Waals surface area contributed by atoms with Gasteiger partial charge in [0, 0.05) is 10.5 Å². The van der Waals surface area contributed by atoms with Crippen LogP contribution in [0.2, 0.25) is 0 Å². The lowest BCUT2D eigenvalue weighted by molar-refractivity contribution is -0.143. The Hall–Kier alpha value is -1.12. The van der Waals surface area contributed by atoms with Crippen molar-refractivity contribution in [2.45, 2.75) is 52.2 Å². The number of carbonyl (C=O) groups excluding carboxylic acids is 1. The van der Waals surface area contributed by atoms with Crippen LogP contribution in [0.15, 0.2) is 30.3 Å². The molecule has 1 aromatic carbocycles. The molecule has 0 aromatic heterocycles. The zero-order valence-corrected chi connectivity index (χ0v) is 15.3. The molecular weight excluding hydrogens is 297 g/mol. The van der Waals surface area contributed by atoms with Crippen molar-refractivity contribution in [1.82, 2.24) is 5.09 Å². The van der Waals surface area contributed by atoms with E-state index in [4.69, 9.17) is 4.74 Å². The molecule has 1 N–H and O–H groups in total. The standard InChI is InChI=1S/C17H28NO3P/c1-13(2)12-15(16(19)21-6)18-22(20,17(3,4)5)14-10-8-7-9-11-14/h7-11,13,15H,12H2,1-6H3,(H,18,20)/t15-,22+/m0/s1. The third-order valence-electron chi connectivity index (χ3n) is 3.59. The molecule has 22 heavy (non-hydrogen) atoms. The van der Waals surface area contributed by atoms with Crippen LogP contribution in [-0.2, 0) is 14.1 Å². The van der Waals surface area contributed by atoms with Crippen LogP contribution in [-0.4, -0.2) is 24.3 Å². The van der Waals surface area contributed by atoms with E-state index in [0.29, 0.717) is 12.3 Å². The van der Waals surface area contributed by atoms with E-state index in [9.17, 15) is 9.36 Å². The minimum absolute atomic E-state index is 0.292. The van der Waals surface area contributed by atoms with E-state index in [1.54, 1.807) is 0 Å². The summed E-state index contributed by atoms with van der Waals surface area (Å²) in [5.41, 5.74) is 0. The number of hydrogen-bond acceptors (Lipinski definition) is 3. The Balaban J connectivity index is 3.23. The molecule has 0 aliphatic carbocycles. The van der Waals surface area contributed by atoms with Crippen LogP contribution in [0.3, 0.4) is 0 Å². The van der Waals surface area contributed by atoms with Gasteiger partial charge in [0.05, 0.1) is 7.11 Å². The predicted molar refractivity (Wildman–Crippen MR) is 91.8 cm³/mol. The zero-order chi connectivity index (χ0) is 17.0. The molecule has 0 aliphatic heterocycles. The van der Waals surface area contributed by atoms with Crippen LogP contribution in [0.4, 0.5) is 0 Å². The summed E-state index contributed by atoms with van der Waals surface area (Å²) >= 11 is 0. The minimum Gasteiger partial charge on any atom is -0.468 e. The van der Waals surface area contributed by atoms with Gasteiger partial charge >= 0.3 is 5.97 Å². The molecule has 5 heteroatoms. The molecule has 124 valence electrons. The fourth-order valence-corrected chi connectivity index (χ4v) is 4.88. The summed E-state index contributed by atoms with van der Waals surface area (Å²) in [6.07, 6.45) is 0.583. The van der Waals surface area contributed by atoms with Gasteiger partial charge in [-0.3, -0.25) is 4.79 Å². The summed E-state index contributed by atoms with van der Waals surface area (Å²) in [7, 11) is -1.62. The van der Waals surface area contributed by atoms with Gasteiger partial charge in [0.2, 0.25) is 0 Å². The first kappa shape index (κ1) is 18.9. The molecule has 4 nitrogen and oxygen atoms in total. The van der Waals surface area contributed by atoms with Gasteiger partial charge in [-0.25, -0.2) is 5.09 Å². The predicted octanol–water partition coefficient (Wildman–Crippen LogP) is 3.57. The van der Waals surface area contributed by atoms with Gasteiger partial charge in [-0.1, -0.05) is 65.0 Å². The summed E-state index contributed by atoms with van der Waals surface area (Å²) < 4.78 is 18.6. The SMILES string of the molecule is COC(=O)[C@H](CC(C)C)N[P@@](=O)(c1ccccc1)C(C)(C)C. The zero-order valence-electron chi connectivity index (χ0n) is 14.4. The first-order valence-corrected chi connectivity index (χ1v) is 9.34. The van der Waals surface area contributed by atoms with Gasteiger partial charge < -0.3 is 9.30 Å². The molecule has 0 radical (unpaired) electrons. The number of ether oxygens (including phenoxy) is 1. The highest BCUT2D eigenvalue weighted by Gasteiger charge is 2.41. The van der Waals surface area contributed by atoms with E-state index >= 15 is 0 Å². The number of nitrogens with one attached hydrogen (secondary N) is 1. The summed E-state index contributed by atoms with van der Waals surface area (Å²) in [4.78, 5) is 12.1. The monoisotopic (exact) mass is 325 g/mol. The van der Waals surface area contributed by atoms with Crippen LogP contribution < -0.4 is 10.4 Å². The van der Waals surface area contributed by atoms with Crippen LogP contribution in [0.5, 0.6) is 0 Å². The fraction of sp³-hybridized carbons (Fsp3) is 0.588. The number of esters is 1. The Morgan fingerprint density at radius 1 is 1.23 bits per heavy atom. The molecule has 0 amide bonds. The van der Waals surface area contributed by atoms with Crippen molar-refractivity contribution in [3.63, 3.8) is 0 Å². The molecule has 0 bridgehead atoms. The Labute approximate surface area is 134 Å². The topological polar surface area (TPSA) is 55.4 Å².